The molecule has 0 bridgehead atoms. The minimum absolute atomic E-state index is 0.172. The molecule has 1 aromatic rings. The van der Waals surface area contributed by atoms with Gasteiger partial charge in [-0.3, -0.25) is 4.79 Å². The number of hydrogen-bond acceptors (Lipinski definition) is 2. The third kappa shape index (κ3) is 3.78. The topological polar surface area (TPSA) is 38.3 Å². The van der Waals surface area contributed by atoms with Gasteiger partial charge in [0, 0.05) is 5.56 Å². The highest BCUT2D eigenvalue weighted by Gasteiger charge is 2.12. The first kappa shape index (κ1) is 14.6. The summed E-state index contributed by atoms with van der Waals surface area (Å²) in [6.45, 7) is 2.03. The second-order valence-electron chi connectivity index (χ2n) is 3.83. The summed E-state index contributed by atoms with van der Waals surface area (Å²) in [4.78, 5) is 12.0. The molecule has 4 heteroatoms. The molecule has 18 heavy (non-hydrogen) atoms. The van der Waals surface area contributed by atoms with Gasteiger partial charge in [-0.15, -0.1) is 6.42 Å². The van der Waals surface area contributed by atoms with Crippen molar-refractivity contribution in [3.05, 3.63) is 28.2 Å². The summed E-state index contributed by atoms with van der Waals surface area (Å²) in [6, 6.07) is 4.94. The van der Waals surface area contributed by atoms with E-state index in [2.05, 4.69) is 27.2 Å². The maximum absolute atomic E-state index is 12.0. The standard InChI is InChI=1S/C14H16BrNO2/c1-4-6-11(5-2)16-14(17)10-7-8-13(18-3)12(15)9-10/h2,7-9,11H,4,6H2,1,3H3,(H,16,17). The van der Waals surface area contributed by atoms with Crippen LogP contribution in [0.1, 0.15) is 30.1 Å². The third-order valence-corrected chi connectivity index (χ3v) is 3.12. The number of nitrogens with one attached hydrogen (secondary N) is 1. The van der Waals surface area contributed by atoms with E-state index in [1.807, 2.05) is 6.92 Å². The Morgan fingerprint density at radius 1 is 1.61 bits per heavy atom. The van der Waals surface area contributed by atoms with Crippen molar-refractivity contribution in [2.45, 2.75) is 25.8 Å². The van der Waals surface area contributed by atoms with E-state index in [0.29, 0.717) is 11.3 Å². The minimum atomic E-state index is -0.219. The van der Waals surface area contributed by atoms with Crippen LogP contribution in [0.2, 0.25) is 0 Å². The zero-order valence-electron chi connectivity index (χ0n) is 10.5. The third-order valence-electron chi connectivity index (χ3n) is 2.50. The van der Waals surface area contributed by atoms with Gasteiger partial charge in [0.25, 0.3) is 5.91 Å². The molecule has 0 fully saturated rings. The average Bonchev–Trinajstić information content (AvgIpc) is 2.37. The van der Waals surface area contributed by atoms with Gasteiger partial charge in [0.2, 0.25) is 0 Å². The van der Waals surface area contributed by atoms with Gasteiger partial charge in [-0.25, -0.2) is 0 Å². The molecule has 96 valence electrons. The second-order valence-corrected chi connectivity index (χ2v) is 4.69. The summed E-state index contributed by atoms with van der Waals surface area (Å²) < 4.78 is 5.85. The first-order valence-corrected chi connectivity index (χ1v) is 6.52. The normalized spacial score (nSPS) is 11.4. The van der Waals surface area contributed by atoms with Crippen LogP contribution in [0.4, 0.5) is 0 Å². The zero-order chi connectivity index (χ0) is 13.5. The smallest absolute Gasteiger partial charge is 0.252 e. The molecule has 0 aromatic heterocycles. The number of terminal acetylenes is 1. The lowest BCUT2D eigenvalue weighted by Gasteiger charge is -2.12. The Kier molecular flexibility index (Phi) is 5.73. The van der Waals surface area contributed by atoms with Crippen LogP contribution < -0.4 is 10.1 Å². The Balaban J connectivity index is 2.79. The molecule has 0 saturated carbocycles. The van der Waals surface area contributed by atoms with Gasteiger partial charge in [0.05, 0.1) is 17.6 Å². The molecule has 0 heterocycles. The van der Waals surface area contributed by atoms with Crippen LogP contribution in [0, 0.1) is 12.3 Å². The lowest BCUT2D eigenvalue weighted by atomic mass is 10.1. The fraction of sp³-hybridized carbons (Fsp3) is 0.357. The van der Waals surface area contributed by atoms with Crippen LogP contribution in [-0.4, -0.2) is 19.1 Å². The molecule has 1 amide bonds. The average molecular weight is 310 g/mol. The van der Waals surface area contributed by atoms with Gasteiger partial charge in [-0.1, -0.05) is 19.3 Å². The summed E-state index contributed by atoms with van der Waals surface area (Å²) in [5.74, 6) is 3.09. The molecule has 1 atom stereocenters. The van der Waals surface area contributed by atoms with Gasteiger partial charge in [-0.05, 0) is 40.5 Å². The van der Waals surface area contributed by atoms with Gasteiger partial charge in [0.15, 0.2) is 0 Å². The maximum Gasteiger partial charge on any atom is 0.252 e. The second kappa shape index (κ2) is 7.07. The molecule has 0 aliphatic rings. The predicted octanol–water partition coefficient (Wildman–Crippen LogP) is 2.99. The zero-order valence-corrected chi connectivity index (χ0v) is 12.1. The van der Waals surface area contributed by atoms with Crippen LogP contribution >= 0.6 is 15.9 Å². The molecule has 0 radical (unpaired) electrons. The molecular weight excluding hydrogens is 294 g/mol. The molecule has 1 N–H and O–H groups in total. The van der Waals surface area contributed by atoms with Gasteiger partial charge in [0.1, 0.15) is 5.75 Å². The lowest BCUT2D eigenvalue weighted by molar-refractivity contribution is 0.0944. The van der Waals surface area contributed by atoms with Crippen molar-refractivity contribution in [1.29, 1.82) is 0 Å². The van der Waals surface area contributed by atoms with E-state index < -0.39 is 0 Å². The molecular formula is C14H16BrNO2. The number of carbonyl (C=O) groups is 1. The number of ether oxygens (including phenoxy) is 1. The van der Waals surface area contributed by atoms with E-state index in [1.54, 1.807) is 25.3 Å². The van der Waals surface area contributed by atoms with Crippen molar-refractivity contribution in [3.63, 3.8) is 0 Å². The monoisotopic (exact) mass is 309 g/mol. The van der Waals surface area contributed by atoms with E-state index in [1.165, 1.54) is 0 Å². The highest BCUT2D eigenvalue weighted by Crippen LogP contribution is 2.25. The molecule has 1 aromatic carbocycles. The van der Waals surface area contributed by atoms with Gasteiger partial charge >= 0.3 is 0 Å². The minimum Gasteiger partial charge on any atom is -0.496 e. The van der Waals surface area contributed by atoms with Crippen LogP contribution in [0.15, 0.2) is 22.7 Å². The Hall–Kier alpha value is -1.47. The van der Waals surface area contributed by atoms with Crippen molar-refractivity contribution in [1.82, 2.24) is 5.32 Å². The summed E-state index contributed by atoms with van der Waals surface area (Å²) in [6.07, 6.45) is 7.08. The van der Waals surface area contributed by atoms with E-state index in [-0.39, 0.29) is 11.9 Å². The lowest BCUT2D eigenvalue weighted by Crippen LogP contribution is -2.33. The number of methoxy groups -OCH3 is 1. The summed E-state index contributed by atoms with van der Waals surface area (Å²) in [5.41, 5.74) is 0.555. The first-order chi connectivity index (χ1) is 8.62. The SMILES string of the molecule is C#CC(CCC)NC(=O)c1ccc(OC)c(Br)c1. The number of benzene rings is 1. The van der Waals surface area contributed by atoms with E-state index >= 15 is 0 Å². The van der Waals surface area contributed by atoms with E-state index in [9.17, 15) is 4.79 Å². The van der Waals surface area contributed by atoms with Crippen LogP contribution in [0.3, 0.4) is 0 Å². The Morgan fingerprint density at radius 2 is 2.33 bits per heavy atom. The molecule has 0 aliphatic carbocycles. The Labute approximate surface area is 116 Å². The van der Waals surface area contributed by atoms with Gasteiger partial charge in [-0.2, -0.15) is 0 Å². The first-order valence-electron chi connectivity index (χ1n) is 5.72. The highest BCUT2D eigenvalue weighted by atomic mass is 79.9. The number of halogens is 1. The predicted molar refractivity (Wildman–Crippen MR) is 75.7 cm³/mol. The van der Waals surface area contributed by atoms with E-state index in [4.69, 9.17) is 11.2 Å². The number of hydrogen-bond donors (Lipinski definition) is 1. The molecule has 0 spiro atoms. The molecule has 1 unspecified atom stereocenters. The van der Waals surface area contributed by atoms with Crippen LogP contribution in [0.5, 0.6) is 5.75 Å². The summed E-state index contributed by atoms with van der Waals surface area (Å²) in [7, 11) is 1.58. The maximum atomic E-state index is 12.0. The number of rotatable bonds is 5. The Bertz CT molecular complexity index is 465. The largest absolute Gasteiger partial charge is 0.496 e. The quantitative estimate of drug-likeness (QED) is 0.849. The van der Waals surface area contributed by atoms with Crippen LogP contribution in [0.25, 0.3) is 0 Å². The summed E-state index contributed by atoms with van der Waals surface area (Å²) in [5, 5.41) is 2.81. The summed E-state index contributed by atoms with van der Waals surface area (Å²) >= 11 is 3.34. The van der Waals surface area contributed by atoms with Crippen molar-refractivity contribution in [3.8, 4) is 18.1 Å². The number of amides is 1. The molecule has 3 nitrogen and oxygen atoms in total. The molecule has 1 rings (SSSR count). The Morgan fingerprint density at radius 3 is 2.83 bits per heavy atom. The fourth-order valence-corrected chi connectivity index (χ4v) is 2.08. The van der Waals surface area contributed by atoms with Crippen molar-refractivity contribution >= 4 is 21.8 Å². The van der Waals surface area contributed by atoms with Gasteiger partial charge < -0.3 is 10.1 Å². The van der Waals surface area contributed by atoms with Crippen LogP contribution in [-0.2, 0) is 0 Å². The fourth-order valence-electron chi connectivity index (χ4n) is 1.54. The molecule has 0 saturated heterocycles. The van der Waals surface area contributed by atoms with Crippen molar-refractivity contribution < 1.29 is 9.53 Å². The van der Waals surface area contributed by atoms with Crippen molar-refractivity contribution in [2.75, 3.05) is 7.11 Å². The highest BCUT2D eigenvalue weighted by molar-refractivity contribution is 9.10. The van der Waals surface area contributed by atoms with Crippen molar-refractivity contribution in [2.24, 2.45) is 0 Å². The number of carbonyl (C=O) groups excluding carboxylic acids is 1. The van der Waals surface area contributed by atoms with E-state index in [0.717, 1.165) is 17.3 Å². The molecule has 0 aliphatic heterocycles.